The van der Waals surface area contributed by atoms with Crippen molar-refractivity contribution < 1.29 is 41.0 Å². The number of halogens is 6. The number of aromatic nitrogens is 3. The minimum atomic E-state index is -5.72. The summed E-state index contributed by atoms with van der Waals surface area (Å²) in [7, 11) is 0. The number of aliphatic hydroxyl groups is 1. The standard InChI is InChI=1S/C20H28F6N6O3/c1-18(5-7-30(8-6-18)17(34)35-16(19(21,22)23)20(24,25)26)27-15(33)14-29-28-13-11-31(9-10-32(13)14)12-3-2-4-12/h12,16-17,34H,2-11H2,1H3,(H,27,33). The molecule has 198 valence electrons. The molecule has 4 rings (SSSR count). The molecule has 1 aromatic heterocycles. The number of hydrogen-bond acceptors (Lipinski definition) is 7. The molecule has 1 aromatic rings. The molecule has 0 aromatic carbocycles. The second-order valence-corrected chi connectivity index (χ2v) is 9.62. The number of likely N-dealkylation sites (tertiary alicyclic amines) is 1. The van der Waals surface area contributed by atoms with Crippen LogP contribution in [0.25, 0.3) is 0 Å². The van der Waals surface area contributed by atoms with Gasteiger partial charge in [-0.1, -0.05) is 6.42 Å². The second-order valence-electron chi connectivity index (χ2n) is 9.62. The van der Waals surface area contributed by atoms with Crippen LogP contribution in [0, 0.1) is 0 Å². The number of carbonyl (C=O) groups excluding carboxylic acids is 1. The molecule has 1 aliphatic carbocycles. The number of aliphatic hydroxyl groups excluding tert-OH is 1. The van der Waals surface area contributed by atoms with Crippen molar-refractivity contribution in [1.29, 1.82) is 0 Å². The summed E-state index contributed by atoms with van der Waals surface area (Å²) in [4.78, 5) is 16.2. The molecule has 3 heterocycles. The molecular weight excluding hydrogens is 486 g/mol. The van der Waals surface area contributed by atoms with Crippen LogP contribution in [0.4, 0.5) is 26.3 Å². The van der Waals surface area contributed by atoms with Crippen molar-refractivity contribution in [3.8, 4) is 0 Å². The molecule has 1 unspecified atom stereocenters. The van der Waals surface area contributed by atoms with E-state index in [0.29, 0.717) is 25.0 Å². The maximum atomic E-state index is 12.9. The molecule has 3 aliphatic rings. The van der Waals surface area contributed by atoms with Gasteiger partial charge in [0.1, 0.15) is 5.82 Å². The van der Waals surface area contributed by atoms with Gasteiger partial charge in [-0.05, 0) is 32.6 Å². The van der Waals surface area contributed by atoms with Crippen molar-refractivity contribution in [3.63, 3.8) is 0 Å². The van der Waals surface area contributed by atoms with Crippen LogP contribution in [0.5, 0.6) is 0 Å². The minimum Gasteiger partial charge on any atom is -0.356 e. The zero-order chi connectivity index (χ0) is 25.6. The SMILES string of the molecule is CC1(NC(=O)c2nnc3n2CCN(C2CCC2)C3)CCN(C(O)OC(C(F)(F)F)C(F)(F)F)CC1. The van der Waals surface area contributed by atoms with Gasteiger partial charge < -0.3 is 19.7 Å². The lowest BCUT2D eigenvalue weighted by Gasteiger charge is -2.42. The van der Waals surface area contributed by atoms with Gasteiger partial charge in [-0.3, -0.25) is 14.6 Å². The zero-order valence-electron chi connectivity index (χ0n) is 19.1. The van der Waals surface area contributed by atoms with E-state index in [1.54, 1.807) is 11.5 Å². The molecule has 35 heavy (non-hydrogen) atoms. The van der Waals surface area contributed by atoms with E-state index in [-0.39, 0.29) is 31.8 Å². The first-order valence-electron chi connectivity index (χ1n) is 11.5. The smallest absolute Gasteiger partial charge is 0.356 e. The van der Waals surface area contributed by atoms with Crippen molar-refractivity contribution in [1.82, 2.24) is 29.9 Å². The van der Waals surface area contributed by atoms with Crippen LogP contribution < -0.4 is 5.32 Å². The van der Waals surface area contributed by atoms with Gasteiger partial charge in [-0.15, -0.1) is 10.2 Å². The number of piperidine rings is 1. The normalized spacial score (nSPS) is 23.1. The van der Waals surface area contributed by atoms with Gasteiger partial charge in [0, 0.05) is 37.8 Å². The third-order valence-corrected chi connectivity index (χ3v) is 7.06. The maximum Gasteiger partial charge on any atom is 0.423 e. The van der Waals surface area contributed by atoms with Crippen LogP contribution in [0.3, 0.4) is 0 Å². The van der Waals surface area contributed by atoms with E-state index in [2.05, 4.69) is 25.2 Å². The minimum absolute atomic E-state index is 0.0886. The van der Waals surface area contributed by atoms with Gasteiger partial charge in [0.2, 0.25) is 12.2 Å². The summed E-state index contributed by atoms with van der Waals surface area (Å²) in [6.07, 6.45) is -14.1. The van der Waals surface area contributed by atoms with Crippen LogP contribution in [0.1, 0.15) is 55.5 Å². The fraction of sp³-hybridized carbons (Fsp3) is 0.850. The summed E-state index contributed by atoms with van der Waals surface area (Å²) in [5, 5.41) is 20.9. The lowest BCUT2D eigenvalue weighted by Crippen LogP contribution is -2.57. The maximum absolute atomic E-state index is 12.9. The molecular formula is C20H28F6N6O3. The van der Waals surface area contributed by atoms with Gasteiger partial charge in [0.25, 0.3) is 12.0 Å². The lowest BCUT2D eigenvalue weighted by molar-refractivity contribution is -0.367. The monoisotopic (exact) mass is 514 g/mol. The molecule has 0 spiro atoms. The van der Waals surface area contributed by atoms with Crippen molar-refractivity contribution in [2.24, 2.45) is 0 Å². The average Bonchev–Trinajstić information content (AvgIpc) is 3.12. The van der Waals surface area contributed by atoms with E-state index >= 15 is 0 Å². The van der Waals surface area contributed by atoms with Crippen LogP contribution in [-0.4, -0.2) is 91.7 Å². The van der Waals surface area contributed by atoms with Gasteiger partial charge in [-0.2, -0.15) is 26.3 Å². The molecule has 1 saturated carbocycles. The third kappa shape index (κ3) is 5.73. The van der Waals surface area contributed by atoms with E-state index in [1.807, 2.05) is 0 Å². The highest BCUT2D eigenvalue weighted by Gasteiger charge is 2.59. The fourth-order valence-corrected chi connectivity index (χ4v) is 4.65. The van der Waals surface area contributed by atoms with Gasteiger partial charge in [-0.25, -0.2) is 0 Å². The van der Waals surface area contributed by atoms with Crippen molar-refractivity contribution in [3.05, 3.63) is 11.6 Å². The van der Waals surface area contributed by atoms with E-state index in [1.165, 1.54) is 6.42 Å². The summed E-state index contributed by atoms with van der Waals surface area (Å²) < 4.78 is 82.0. The quantitative estimate of drug-likeness (QED) is 0.443. The van der Waals surface area contributed by atoms with Crippen LogP contribution >= 0.6 is 0 Å². The summed E-state index contributed by atoms with van der Waals surface area (Å²) in [6, 6.07) is 0.545. The number of alkyl halides is 6. The third-order valence-electron chi connectivity index (χ3n) is 7.06. The van der Waals surface area contributed by atoms with Gasteiger partial charge >= 0.3 is 12.4 Å². The molecule has 15 heteroatoms. The number of amides is 1. The van der Waals surface area contributed by atoms with E-state index in [9.17, 15) is 36.2 Å². The summed E-state index contributed by atoms with van der Waals surface area (Å²) >= 11 is 0. The summed E-state index contributed by atoms with van der Waals surface area (Å²) in [5.41, 5.74) is -0.806. The average molecular weight is 514 g/mol. The first-order valence-corrected chi connectivity index (χ1v) is 11.5. The predicted molar refractivity (Wildman–Crippen MR) is 108 cm³/mol. The van der Waals surface area contributed by atoms with Crippen LogP contribution in [0.2, 0.25) is 0 Å². The molecule has 0 radical (unpaired) electrons. The topological polar surface area (TPSA) is 95.8 Å². The van der Waals surface area contributed by atoms with E-state index < -0.39 is 36.3 Å². The molecule has 0 bridgehead atoms. The number of ether oxygens (including phenoxy) is 1. The molecule has 1 atom stereocenters. The Morgan fingerprint density at radius 3 is 2.26 bits per heavy atom. The predicted octanol–water partition coefficient (Wildman–Crippen LogP) is 2.02. The Morgan fingerprint density at radius 1 is 1.09 bits per heavy atom. The van der Waals surface area contributed by atoms with Gasteiger partial charge in [0.15, 0.2) is 0 Å². The number of rotatable bonds is 6. The summed E-state index contributed by atoms with van der Waals surface area (Å²) in [5.74, 6) is 0.415. The number of nitrogens with zero attached hydrogens (tertiary/aromatic N) is 5. The van der Waals surface area contributed by atoms with Gasteiger partial charge in [0.05, 0.1) is 6.54 Å². The Hall–Kier alpha value is -1.97. The molecule has 1 saturated heterocycles. The Morgan fingerprint density at radius 2 is 1.71 bits per heavy atom. The Labute approximate surface area is 197 Å². The van der Waals surface area contributed by atoms with Crippen molar-refractivity contribution >= 4 is 5.91 Å². The Bertz CT molecular complexity index is 896. The zero-order valence-corrected chi connectivity index (χ0v) is 19.1. The number of fused-ring (bicyclic) bond motifs is 1. The largest absolute Gasteiger partial charge is 0.423 e. The number of carbonyl (C=O) groups is 1. The second kappa shape index (κ2) is 9.48. The van der Waals surface area contributed by atoms with Crippen molar-refractivity contribution in [2.75, 3.05) is 19.6 Å². The lowest BCUT2D eigenvalue weighted by atomic mass is 9.89. The van der Waals surface area contributed by atoms with Crippen LogP contribution in [-0.2, 0) is 17.8 Å². The number of hydrogen-bond donors (Lipinski definition) is 2. The fourth-order valence-electron chi connectivity index (χ4n) is 4.65. The van der Waals surface area contributed by atoms with E-state index in [0.717, 1.165) is 24.3 Å². The molecule has 9 nitrogen and oxygen atoms in total. The van der Waals surface area contributed by atoms with Crippen molar-refractivity contribution in [2.45, 2.75) is 88.6 Å². The highest BCUT2D eigenvalue weighted by Crippen LogP contribution is 2.37. The van der Waals surface area contributed by atoms with Crippen LogP contribution in [0.15, 0.2) is 0 Å². The molecule has 2 N–H and O–H groups in total. The molecule has 2 fully saturated rings. The highest BCUT2D eigenvalue weighted by molar-refractivity contribution is 5.91. The molecule has 1 amide bonds. The van der Waals surface area contributed by atoms with E-state index in [4.69, 9.17) is 0 Å². The number of nitrogens with one attached hydrogen (secondary N) is 1. The Kier molecular flexibility index (Phi) is 7.07. The molecule has 2 aliphatic heterocycles. The Balaban J connectivity index is 1.32. The first kappa shape index (κ1) is 26.1. The summed E-state index contributed by atoms with van der Waals surface area (Å²) in [6.45, 7) is 3.52. The highest BCUT2D eigenvalue weighted by atomic mass is 19.4. The first-order chi connectivity index (χ1) is 16.3.